The van der Waals surface area contributed by atoms with E-state index in [4.69, 9.17) is 11.6 Å². The average molecular weight is 402 g/mol. The molecule has 1 nitrogen and oxygen atoms in total. The van der Waals surface area contributed by atoms with Crippen molar-refractivity contribution in [2.75, 3.05) is 7.05 Å². The maximum Gasteiger partial charge on any atom is 0.107 e. The lowest BCUT2D eigenvalue weighted by Gasteiger charge is -2.12. The van der Waals surface area contributed by atoms with Crippen molar-refractivity contribution in [3.63, 3.8) is 0 Å². The first-order valence-corrected chi connectivity index (χ1v) is 8.13. The molecule has 0 saturated carbocycles. The average Bonchev–Trinajstić information content (AvgIpc) is 2.77. The molecular weight excluding hydrogens is 394 g/mol. The van der Waals surface area contributed by atoms with Gasteiger partial charge in [-0.1, -0.05) is 11.6 Å². The summed E-state index contributed by atoms with van der Waals surface area (Å²) in [6, 6.07) is 4.41. The van der Waals surface area contributed by atoms with E-state index >= 15 is 0 Å². The lowest BCUT2D eigenvalue weighted by molar-refractivity contribution is 0.706. The molecule has 2 rings (SSSR count). The van der Waals surface area contributed by atoms with Crippen LogP contribution in [-0.2, 0) is 0 Å². The Morgan fingerprint density at radius 1 is 1.38 bits per heavy atom. The second-order valence-electron chi connectivity index (χ2n) is 3.18. The van der Waals surface area contributed by atoms with Crippen LogP contribution in [0.2, 0.25) is 4.34 Å². The third-order valence-corrected chi connectivity index (χ3v) is 6.22. The van der Waals surface area contributed by atoms with E-state index in [1.54, 1.807) is 22.7 Å². The van der Waals surface area contributed by atoms with Crippen molar-refractivity contribution in [1.29, 1.82) is 0 Å². The molecule has 2 aromatic heterocycles. The van der Waals surface area contributed by atoms with Gasteiger partial charge < -0.3 is 5.32 Å². The molecule has 2 heterocycles. The Morgan fingerprint density at radius 2 is 2.12 bits per heavy atom. The van der Waals surface area contributed by atoms with E-state index in [2.05, 4.69) is 54.7 Å². The zero-order chi connectivity index (χ0) is 11.7. The van der Waals surface area contributed by atoms with E-state index in [9.17, 15) is 0 Å². The summed E-state index contributed by atoms with van der Waals surface area (Å²) in [5.74, 6) is 0. The van der Waals surface area contributed by atoms with Crippen molar-refractivity contribution in [3.8, 4) is 0 Å². The summed E-state index contributed by atoms with van der Waals surface area (Å²) in [5, 5.41) is 5.45. The molecule has 6 heteroatoms. The molecule has 0 aliphatic rings. The van der Waals surface area contributed by atoms with Crippen molar-refractivity contribution in [2.24, 2.45) is 0 Å². The summed E-state index contributed by atoms with van der Waals surface area (Å²) in [5.41, 5.74) is 1.25. The molecule has 0 aliphatic heterocycles. The first-order valence-electron chi connectivity index (χ1n) is 4.47. The Balaban J connectivity index is 2.36. The molecule has 0 bridgehead atoms. The molecule has 0 saturated heterocycles. The molecule has 0 radical (unpaired) electrons. The van der Waals surface area contributed by atoms with Crippen LogP contribution in [0.4, 0.5) is 0 Å². The molecule has 1 N–H and O–H groups in total. The summed E-state index contributed by atoms with van der Waals surface area (Å²) in [7, 11) is 1.96. The van der Waals surface area contributed by atoms with Gasteiger partial charge in [-0.15, -0.1) is 22.7 Å². The zero-order valence-electron chi connectivity index (χ0n) is 8.26. The van der Waals surface area contributed by atoms with Crippen molar-refractivity contribution in [2.45, 2.75) is 6.04 Å². The van der Waals surface area contributed by atoms with E-state index in [0.29, 0.717) is 0 Å². The van der Waals surface area contributed by atoms with Crippen LogP contribution in [0.5, 0.6) is 0 Å². The smallest absolute Gasteiger partial charge is 0.107 e. The predicted molar refractivity (Wildman–Crippen MR) is 80.0 cm³/mol. The fourth-order valence-corrected chi connectivity index (χ4v) is 4.53. The molecule has 0 fully saturated rings. The van der Waals surface area contributed by atoms with Gasteiger partial charge in [0.05, 0.1) is 9.83 Å². The van der Waals surface area contributed by atoms with Crippen molar-refractivity contribution < 1.29 is 0 Å². The molecule has 86 valence electrons. The second-order valence-corrected chi connectivity index (χ2v) is 8.01. The lowest BCUT2D eigenvalue weighted by Crippen LogP contribution is -2.15. The third-order valence-electron chi connectivity index (χ3n) is 2.16. The number of hydrogen-bond donors (Lipinski definition) is 1. The van der Waals surface area contributed by atoms with E-state index in [1.165, 1.54) is 10.4 Å². The maximum absolute atomic E-state index is 6.06. The summed E-state index contributed by atoms with van der Waals surface area (Å²) < 4.78 is 2.90. The van der Waals surface area contributed by atoms with Gasteiger partial charge in [-0.2, -0.15) is 0 Å². The van der Waals surface area contributed by atoms with Gasteiger partial charge in [-0.05, 0) is 62.0 Å². The highest BCUT2D eigenvalue weighted by Gasteiger charge is 2.17. The van der Waals surface area contributed by atoms with Crippen LogP contribution >= 0.6 is 66.1 Å². The van der Waals surface area contributed by atoms with Crippen LogP contribution in [0.3, 0.4) is 0 Å². The summed E-state index contributed by atoms with van der Waals surface area (Å²) in [4.78, 5) is 1.21. The Morgan fingerprint density at radius 3 is 2.56 bits per heavy atom. The van der Waals surface area contributed by atoms with Crippen LogP contribution in [0.1, 0.15) is 16.5 Å². The molecule has 2 aromatic rings. The van der Waals surface area contributed by atoms with Gasteiger partial charge in [0.25, 0.3) is 0 Å². The highest BCUT2D eigenvalue weighted by atomic mass is 79.9. The Kier molecular flexibility index (Phi) is 4.49. The topological polar surface area (TPSA) is 12.0 Å². The van der Waals surface area contributed by atoms with E-state index < -0.39 is 0 Å². The number of nitrogens with one attached hydrogen (secondary N) is 1. The molecule has 1 unspecified atom stereocenters. The maximum atomic E-state index is 6.06. The number of hydrogen-bond acceptors (Lipinski definition) is 3. The molecule has 1 atom stereocenters. The minimum Gasteiger partial charge on any atom is -0.309 e. The molecule has 0 aliphatic carbocycles. The standard InChI is InChI=1S/C10H8Br2ClNS2/c1-14-9(5-2-8(12)15-4-5)7-3-6(11)10(13)16-7/h2-4,9,14H,1H3. The van der Waals surface area contributed by atoms with Gasteiger partial charge in [0.15, 0.2) is 0 Å². The van der Waals surface area contributed by atoms with E-state index in [1.807, 2.05) is 7.05 Å². The largest absolute Gasteiger partial charge is 0.309 e. The van der Waals surface area contributed by atoms with Crippen LogP contribution in [-0.4, -0.2) is 7.05 Å². The van der Waals surface area contributed by atoms with Crippen molar-refractivity contribution in [3.05, 3.63) is 40.5 Å². The summed E-state index contributed by atoms with van der Waals surface area (Å²) in [6.07, 6.45) is 0. The molecular formula is C10H8Br2ClNS2. The van der Waals surface area contributed by atoms with Crippen LogP contribution < -0.4 is 5.32 Å². The van der Waals surface area contributed by atoms with Crippen molar-refractivity contribution in [1.82, 2.24) is 5.32 Å². The quantitative estimate of drug-likeness (QED) is 0.736. The van der Waals surface area contributed by atoms with Crippen LogP contribution in [0.15, 0.2) is 25.8 Å². The number of halogens is 3. The van der Waals surface area contributed by atoms with E-state index in [-0.39, 0.29) is 6.04 Å². The van der Waals surface area contributed by atoms with Gasteiger partial charge in [-0.3, -0.25) is 0 Å². The van der Waals surface area contributed by atoms with Gasteiger partial charge in [0.1, 0.15) is 4.34 Å². The van der Waals surface area contributed by atoms with Gasteiger partial charge in [0, 0.05) is 9.35 Å². The Labute approximate surface area is 124 Å². The van der Waals surface area contributed by atoms with Crippen LogP contribution in [0, 0.1) is 0 Å². The monoisotopic (exact) mass is 399 g/mol. The van der Waals surface area contributed by atoms with Gasteiger partial charge in [0.2, 0.25) is 0 Å². The zero-order valence-corrected chi connectivity index (χ0v) is 13.8. The molecule has 16 heavy (non-hydrogen) atoms. The third kappa shape index (κ3) is 2.71. The molecule has 0 amide bonds. The SMILES string of the molecule is CNC(c1csc(Br)c1)c1cc(Br)c(Cl)s1. The predicted octanol–water partition coefficient (Wildman–Crippen LogP) is 5.30. The molecule has 0 aromatic carbocycles. The highest BCUT2D eigenvalue weighted by Crippen LogP contribution is 2.38. The fourth-order valence-electron chi connectivity index (χ4n) is 1.45. The minimum atomic E-state index is 0.205. The second kappa shape index (κ2) is 5.50. The normalized spacial score (nSPS) is 13.0. The van der Waals surface area contributed by atoms with Gasteiger partial charge >= 0.3 is 0 Å². The first-order chi connectivity index (χ1) is 7.61. The molecule has 0 spiro atoms. The number of rotatable bonds is 3. The van der Waals surface area contributed by atoms with Crippen molar-refractivity contribution >= 4 is 66.1 Å². The minimum absolute atomic E-state index is 0.205. The van der Waals surface area contributed by atoms with Crippen LogP contribution in [0.25, 0.3) is 0 Å². The summed E-state index contributed by atoms with van der Waals surface area (Å²) in [6.45, 7) is 0. The first kappa shape index (κ1) is 13.1. The highest BCUT2D eigenvalue weighted by molar-refractivity contribution is 9.11. The fraction of sp³-hybridized carbons (Fsp3) is 0.200. The summed E-state index contributed by atoms with van der Waals surface area (Å²) >= 11 is 16.3. The lowest BCUT2D eigenvalue weighted by atomic mass is 10.1. The Bertz CT molecular complexity index is 475. The Hall–Kier alpha value is 0.610. The van der Waals surface area contributed by atoms with Gasteiger partial charge in [-0.25, -0.2) is 0 Å². The number of thiophene rings is 2. The van der Waals surface area contributed by atoms with E-state index in [0.717, 1.165) is 12.6 Å².